The smallest absolute Gasteiger partial charge is 0.408 e. The summed E-state index contributed by atoms with van der Waals surface area (Å²) in [6.45, 7) is 4.61. The number of nitrogens with one attached hydrogen (secondary N) is 2. The zero-order valence-corrected chi connectivity index (χ0v) is 19.5. The zero-order valence-electron chi connectivity index (χ0n) is 19.5. The Balaban J connectivity index is 1.94. The topological polar surface area (TPSA) is 120 Å². The molecule has 34 heavy (non-hydrogen) atoms. The lowest BCUT2D eigenvalue weighted by molar-refractivity contribution is -0.155. The minimum absolute atomic E-state index is 0.0265. The fourth-order valence-corrected chi connectivity index (χ4v) is 2.70. The van der Waals surface area contributed by atoms with Gasteiger partial charge in [0.2, 0.25) is 5.91 Å². The average molecular weight is 471 g/mol. The third-order valence-electron chi connectivity index (χ3n) is 4.25. The highest BCUT2D eigenvalue weighted by Gasteiger charge is 2.27. The molecule has 0 heterocycles. The molecule has 0 aliphatic rings. The van der Waals surface area contributed by atoms with E-state index in [1.807, 2.05) is 24.3 Å². The van der Waals surface area contributed by atoms with Gasteiger partial charge in [-0.25, -0.2) is 9.59 Å². The lowest BCUT2D eigenvalue weighted by Gasteiger charge is -2.20. The molecule has 2 aromatic rings. The van der Waals surface area contributed by atoms with E-state index in [4.69, 9.17) is 14.2 Å². The summed E-state index contributed by atoms with van der Waals surface area (Å²) in [5.41, 5.74) is 0.802. The first-order chi connectivity index (χ1) is 16.1. The molecule has 0 bridgehead atoms. The van der Waals surface area contributed by atoms with Crippen molar-refractivity contribution in [2.75, 3.05) is 6.54 Å². The number of carbonyl (C=O) groups excluding carboxylic acids is 4. The van der Waals surface area contributed by atoms with Gasteiger partial charge in [-0.3, -0.25) is 9.59 Å². The lowest BCUT2D eigenvalue weighted by atomic mass is 10.2. The highest BCUT2D eigenvalue weighted by molar-refractivity contribution is 5.89. The monoisotopic (exact) mass is 470 g/mol. The number of carbonyl (C=O) groups is 4. The number of amides is 2. The summed E-state index contributed by atoms with van der Waals surface area (Å²) < 4.78 is 15.6. The van der Waals surface area contributed by atoms with Crippen molar-refractivity contribution in [2.45, 2.75) is 52.0 Å². The van der Waals surface area contributed by atoms with Crippen molar-refractivity contribution in [2.24, 2.45) is 0 Å². The van der Waals surface area contributed by atoms with Crippen LogP contribution in [0.15, 0.2) is 60.7 Å². The largest absolute Gasteiger partial charge is 0.461 e. The molecule has 0 saturated heterocycles. The number of esters is 2. The minimum Gasteiger partial charge on any atom is -0.461 e. The van der Waals surface area contributed by atoms with Gasteiger partial charge >= 0.3 is 18.0 Å². The van der Waals surface area contributed by atoms with Gasteiger partial charge in [0.15, 0.2) is 0 Å². The van der Waals surface area contributed by atoms with Crippen LogP contribution in [-0.2, 0) is 41.8 Å². The van der Waals surface area contributed by atoms with Crippen molar-refractivity contribution in [1.82, 2.24) is 10.6 Å². The minimum atomic E-state index is -1.29. The predicted octanol–water partition coefficient (Wildman–Crippen LogP) is 2.87. The highest BCUT2D eigenvalue weighted by atomic mass is 16.6. The quantitative estimate of drug-likeness (QED) is 0.405. The van der Waals surface area contributed by atoms with Crippen molar-refractivity contribution in [3.63, 3.8) is 0 Å². The van der Waals surface area contributed by atoms with E-state index in [9.17, 15) is 19.2 Å². The number of ether oxygens (including phenoxy) is 3. The number of alkyl carbamates (subject to hydrolysis) is 1. The second-order valence-electron chi connectivity index (χ2n) is 8.42. The van der Waals surface area contributed by atoms with E-state index in [2.05, 4.69) is 10.6 Å². The molecule has 0 saturated carbocycles. The number of hydrogen-bond donors (Lipinski definition) is 2. The van der Waals surface area contributed by atoms with Crippen LogP contribution in [0.25, 0.3) is 0 Å². The van der Waals surface area contributed by atoms with E-state index >= 15 is 0 Å². The Hall–Kier alpha value is -3.88. The van der Waals surface area contributed by atoms with Gasteiger partial charge in [0, 0.05) is 0 Å². The van der Waals surface area contributed by atoms with Crippen LogP contribution in [0.3, 0.4) is 0 Å². The third-order valence-corrected chi connectivity index (χ3v) is 4.25. The van der Waals surface area contributed by atoms with Gasteiger partial charge in [0.1, 0.15) is 31.4 Å². The molecule has 0 radical (unpaired) electrons. The summed E-state index contributed by atoms with van der Waals surface area (Å²) in [6.07, 6.45) is -1.22. The first-order valence-electron chi connectivity index (χ1n) is 10.8. The Labute approximate surface area is 198 Å². The molecular formula is C25H30N2O7. The Kier molecular flexibility index (Phi) is 10.1. The fraction of sp³-hybridized carbons (Fsp3) is 0.360. The fourth-order valence-electron chi connectivity index (χ4n) is 2.70. The van der Waals surface area contributed by atoms with E-state index < -0.39 is 48.5 Å². The highest BCUT2D eigenvalue weighted by Crippen LogP contribution is 2.08. The second kappa shape index (κ2) is 13.0. The van der Waals surface area contributed by atoms with Crippen LogP contribution in [-0.4, -0.2) is 42.1 Å². The zero-order chi connectivity index (χ0) is 25.0. The number of rotatable bonds is 10. The van der Waals surface area contributed by atoms with Crippen molar-refractivity contribution in [1.29, 1.82) is 0 Å². The molecule has 0 aromatic heterocycles. The molecule has 2 rings (SSSR count). The first-order valence-corrected chi connectivity index (χ1v) is 10.8. The molecule has 0 aliphatic heterocycles. The standard InChI is InChI=1S/C25H30N2O7/c1-25(2,3)34-24(31)26-15-21(28)27-20(23(30)33-17-19-12-8-5-9-13-19)14-22(29)32-16-18-10-6-4-7-11-18/h4-13,20H,14-17H2,1-3H3,(H,26,31)(H,27,28)/t20-/m0/s1. The summed E-state index contributed by atoms with van der Waals surface area (Å²) >= 11 is 0. The van der Waals surface area contributed by atoms with Gasteiger partial charge in [-0.2, -0.15) is 0 Å². The molecule has 182 valence electrons. The van der Waals surface area contributed by atoms with Crippen molar-refractivity contribution < 1.29 is 33.4 Å². The Morgan fingerprint density at radius 2 is 1.35 bits per heavy atom. The molecule has 1 atom stereocenters. The summed E-state index contributed by atoms with van der Waals surface area (Å²) in [7, 11) is 0. The van der Waals surface area contributed by atoms with Gasteiger partial charge in [0.05, 0.1) is 6.42 Å². The number of benzene rings is 2. The van der Waals surface area contributed by atoms with E-state index in [-0.39, 0.29) is 13.2 Å². The molecule has 0 unspecified atom stereocenters. The second-order valence-corrected chi connectivity index (χ2v) is 8.42. The van der Waals surface area contributed by atoms with Crippen molar-refractivity contribution in [3.05, 3.63) is 71.8 Å². The first kappa shape index (κ1) is 26.4. The summed E-state index contributed by atoms with van der Waals surface area (Å²) in [6, 6.07) is 16.7. The van der Waals surface area contributed by atoms with Crippen molar-refractivity contribution >= 4 is 23.9 Å². The predicted molar refractivity (Wildman–Crippen MR) is 123 cm³/mol. The number of hydrogen-bond acceptors (Lipinski definition) is 7. The molecule has 0 aliphatic carbocycles. The summed E-state index contributed by atoms with van der Waals surface area (Å²) in [5, 5.41) is 4.72. The Morgan fingerprint density at radius 1 is 0.824 bits per heavy atom. The van der Waals surface area contributed by atoms with E-state index in [1.54, 1.807) is 57.2 Å². The van der Waals surface area contributed by atoms with Crippen LogP contribution >= 0.6 is 0 Å². The molecule has 0 spiro atoms. The van der Waals surface area contributed by atoms with E-state index in [1.165, 1.54) is 0 Å². The molecule has 2 amide bonds. The SMILES string of the molecule is CC(C)(C)OC(=O)NCC(=O)N[C@@H](CC(=O)OCc1ccccc1)C(=O)OCc1ccccc1. The maximum absolute atomic E-state index is 12.6. The molecule has 2 aromatic carbocycles. The summed E-state index contributed by atoms with van der Waals surface area (Å²) in [4.78, 5) is 49.1. The van der Waals surface area contributed by atoms with Gasteiger partial charge in [-0.05, 0) is 31.9 Å². The van der Waals surface area contributed by atoms with Gasteiger partial charge in [-0.15, -0.1) is 0 Å². The van der Waals surface area contributed by atoms with Gasteiger partial charge in [0.25, 0.3) is 0 Å². The van der Waals surface area contributed by atoms with Crippen LogP contribution in [0.2, 0.25) is 0 Å². The molecular weight excluding hydrogens is 440 g/mol. The maximum atomic E-state index is 12.6. The van der Waals surface area contributed by atoms with Crippen LogP contribution in [0.5, 0.6) is 0 Å². The molecule has 0 fully saturated rings. The normalized spacial score (nSPS) is 11.6. The maximum Gasteiger partial charge on any atom is 0.408 e. The van der Waals surface area contributed by atoms with Crippen LogP contribution in [0.4, 0.5) is 4.79 Å². The van der Waals surface area contributed by atoms with Gasteiger partial charge in [-0.1, -0.05) is 60.7 Å². The van der Waals surface area contributed by atoms with Crippen LogP contribution < -0.4 is 10.6 Å². The Bertz CT molecular complexity index is 956. The average Bonchev–Trinajstić information content (AvgIpc) is 2.80. The molecule has 9 nitrogen and oxygen atoms in total. The Morgan fingerprint density at radius 3 is 1.88 bits per heavy atom. The van der Waals surface area contributed by atoms with E-state index in [0.29, 0.717) is 0 Å². The van der Waals surface area contributed by atoms with Crippen LogP contribution in [0.1, 0.15) is 38.3 Å². The van der Waals surface area contributed by atoms with Gasteiger partial charge < -0.3 is 24.8 Å². The lowest BCUT2D eigenvalue weighted by Crippen LogP contribution is -2.47. The summed E-state index contributed by atoms with van der Waals surface area (Å²) in [5.74, 6) is -2.18. The van der Waals surface area contributed by atoms with E-state index in [0.717, 1.165) is 11.1 Å². The molecule has 2 N–H and O–H groups in total. The van der Waals surface area contributed by atoms with Crippen LogP contribution in [0, 0.1) is 0 Å². The third kappa shape index (κ3) is 10.6. The molecule has 9 heteroatoms. The van der Waals surface area contributed by atoms with Crippen molar-refractivity contribution in [3.8, 4) is 0 Å².